The van der Waals surface area contributed by atoms with Gasteiger partial charge in [-0.3, -0.25) is 0 Å². The van der Waals surface area contributed by atoms with Gasteiger partial charge in [0.2, 0.25) is 0 Å². The highest BCUT2D eigenvalue weighted by molar-refractivity contribution is 5.83. The van der Waals surface area contributed by atoms with Crippen LogP contribution < -0.4 is 10.5 Å². The highest BCUT2D eigenvalue weighted by Gasteiger charge is 1.98. The molecular formula is C19H19NO. The zero-order valence-electron chi connectivity index (χ0n) is 12.0. The van der Waals surface area contributed by atoms with E-state index in [-0.39, 0.29) is 0 Å². The zero-order valence-corrected chi connectivity index (χ0v) is 12.0. The van der Waals surface area contributed by atoms with E-state index >= 15 is 0 Å². The third kappa shape index (κ3) is 3.54. The number of nitrogen functional groups attached to an aromatic ring is 1. The molecule has 0 aliphatic rings. The van der Waals surface area contributed by atoms with E-state index in [9.17, 15) is 0 Å². The van der Waals surface area contributed by atoms with Crippen LogP contribution in [0.15, 0.2) is 66.7 Å². The second-order valence-corrected chi connectivity index (χ2v) is 5.20. The van der Waals surface area contributed by atoms with E-state index in [1.165, 1.54) is 16.3 Å². The molecule has 0 atom stereocenters. The lowest BCUT2D eigenvalue weighted by atomic mass is 10.1. The van der Waals surface area contributed by atoms with Gasteiger partial charge in [0.1, 0.15) is 5.75 Å². The molecule has 0 amide bonds. The van der Waals surface area contributed by atoms with Crippen molar-refractivity contribution >= 4 is 16.5 Å². The Kier molecular flexibility index (Phi) is 4.06. The van der Waals surface area contributed by atoms with Crippen molar-refractivity contribution < 1.29 is 4.74 Å². The monoisotopic (exact) mass is 277 g/mol. The number of nitrogens with two attached hydrogens (primary N) is 1. The van der Waals surface area contributed by atoms with Gasteiger partial charge in [0.25, 0.3) is 0 Å². The summed E-state index contributed by atoms with van der Waals surface area (Å²) in [6.07, 6.45) is 2.00. The number of aryl methyl sites for hydroxylation is 1. The van der Waals surface area contributed by atoms with E-state index in [1.54, 1.807) is 0 Å². The molecule has 0 radical (unpaired) electrons. The molecule has 0 unspecified atom stereocenters. The minimum absolute atomic E-state index is 0.725. The predicted octanol–water partition coefficient (Wildman–Crippen LogP) is 4.43. The molecule has 0 aliphatic heterocycles. The molecule has 0 bridgehead atoms. The summed E-state index contributed by atoms with van der Waals surface area (Å²) in [5.74, 6) is 0.936. The average molecular weight is 277 g/mol. The van der Waals surface area contributed by atoms with Crippen LogP contribution in [0.25, 0.3) is 10.8 Å². The summed E-state index contributed by atoms with van der Waals surface area (Å²) in [7, 11) is 0. The first-order chi connectivity index (χ1) is 10.3. The quantitative estimate of drug-likeness (QED) is 0.553. The fourth-order valence-electron chi connectivity index (χ4n) is 2.41. The Labute approximate surface area is 125 Å². The standard InChI is InChI=1S/C19H19NO/c20-18-10-7-15(8-11-18)4-3-13-21-19-12-9-16-5-1-2-6-17(16)14-19/h1-2,5-12,14H,3-4,13,20H2. The summed E-state index contributed by atoms with van der Waals surface area (Å²) in [4.78, 5) is 0. The van der Waals surface area contributed by atoms with Crippen LogP contribution in [-0.2, 0) is 6.42 Å². The van der Waals surface area contributed by atoms with Crippen molar-refractivity contribution in [2.75, 3.05) is 12.3 Å². The van der Waals surface area contributed by atoms with Crippen LogP contribution in [0.5, 0.6) is 5.75 Å². The van der Waals surface area contributed by atoms with Crippen molar-refractivity contribution in [3.63, 3.8) is 0 Å². The molecule has 3 aromatic carbocycles. The number of rotatable bonds is 5. The van der Waals surface area contributed by atoms with Gasteiger partial charge in [0, 0.05) is 5.69 Å². The summed E-state index contributed by atoms with van der Waals surface area (Å²) in [6, 6.07) is 22.6. The molecule has 0 fully saturated rings. The van der Waals surface area contributed by atoms with Gasteiger partial charge in [-0.2, -0.15) is 0 Å². The Morgan fingerprint density at radius 2 is 1.57 bits per heavy atom. The van der Waals surface area contributed by atoms with Crippen molar-refractivity contribution in [3.8, 4) is 5.75 Å². The van der Waals surface area contributed by atoms with E-state index in [1.807, 2.05) is 24.3 Å². The van der Waals surface area contributed by atoms with Crippen LogP contribution in [0.1, 0.15) is 12.0 Å². The summed E-state index contributed by atoms with van der Waals surface area (Å²) in [5, 5.41) is 2.46. The van der Waals surface area contributed by atoms with Crippen LogP contribution in [0.2, 0.25) is 0 Å². The van der Waals surface area contributed by atoms with Gasteiger partial charge in [0.15, 0.2) is 0 Å². The molecule has 2 N–H and O–H groups in total. The van der Waals surface area contributed by atoms with Crippen molar-refractivity contribution in [1.82, 2.24) is 0 Å². The molecule has 0 saturated carbocycles. The van der Waals surface area contributed by atoms with Crippen LogP contribution in [0, 0.1) is 0 Å². The van der Waals surface area contributed by atoms with Gasteiger partial charge in [-0.15, -0.1) is 0 Å². The predicted molar refractivity (Wildman–Crippen MR) is 88.6 cm³/mol. The van der Waals surface area contributed by atoms with E-state index in [0.29, 0.717) is 0 Å². The number of benzene rings is 3. The maximum absolute atomic E-state index is 5.83. The largest absolute Gasteiger partial charge is 0.494 e. The van der Waals surface area contributed by atoms with Crippen LogP contribution in [0.3, 0.4) is 0 Å². The molecule has 0 spiro atoms. The highest BCUT2D eigenvalue weighted by atomic mass is 16.5. The van der Waals surface area contributed by atoms with Gasteiger partial charge in [-0.25, -0.2) is 0 Å². The number of fused-ring (bicyclic) bond motifs is 1. The Bertz CT molecular complexity index is 719. The lowest BCUT2D eigenvalue weighted by Crippen LogP contribution is -1.99. The zero-order chi connectivity index (χ0) is 14.5. The topological polar surface area (TPSA) is 35.2 Å². The molecule has 106 valence electrons. The average Bonchev–Trinajstić information content (AvgIpc) is 2.53. The molecule has 0 aliphatic carbocycles. The Morgan fingerprint density at radius 3 is 2.38 bits per heavy atom. The molecular weight excluding hydrogens is 258 g/mol. The van der Waals surface area contributed by atoms with Crippen LogP contribution in [-0.4, -0.2) is 6.61 Å². The smallest absolute Gasteiger partial charge is 0.119 e. The van der Waals surface area contributed by atoms with E-state index < -0.39 is 0 Å². The SMILES string of the molecule is Nc1ccc(CCCOc2ccc3ccccc3c2)cc1. The van der Waals surface area contributed by atoms with Crippen molar-refractivity contribution in [1.29, 1.82) is 0 Å². The maximum Gasteiger partial charge on any atom is 0.119 e. The first kappa shape index (κ1) is 13.5. The second-order valence-electron chi connectivity index (χ2n) is 5.20. The molecule has 2 heteroatoms. The Balaban J connectivity index is 1.53. The fraction of sp³-hybridized carbons (Fsp3) is 0.158. The normalized spacial score (nSPS) is 10.7. The summed E-state index contributed by atoms with van der Waals surface area (Å²) in [5.41, 5.74) is 7.79. The van der Waals surface area contributed by atoms with Gasteiger partial charge in [-0.05, 0) is 53.4 Å². The van der Waals surface area contributed by atoms with Gasteiger partial charge in [-0.1, -0.05) is 42.5 Å². The van der Waals surface area contributed by atoms with E-state index in [4.69, 9.17) is 10.5 Å². The Hall–Kier alpha value is -2.48. The van der Waals surface area contributed by atoms with E-state index in [2.05, 4.69) is 42.5 Å². The number of ether oxygens (including phenoxy) is 1. The lowest BCUT2D eigenvalue weighted by molar-refractivity contribution is 0.311. The number of anilines is 1. The molecule has 0 aromatic heterocycles. The van der Waals surface area contributed by atoms with Crippen LogP contribution >= 0.6 is 0 Å². The highest BCUT2D eigenvalue weighted by Crippen LogP contribution is 2.20. The van der Waals surface area contributed by atoms with Crippen molar-refractivity contribution in [2.45, 2.75) is 12.8 Å². The molecule has 0 saturated heterocycles. The molecule has 21 heavy (non-hydrogen) atoms. The van der Waals surface area contributed by atoms with Gasteiger partial charge in [0.05, 0.1) is 6.61 Å². The first-order valence-corrected chi connectivity index (χ1v) is 7.27. The summed E-state index contributed by atoms with van der Waals surface area (Å²) >= 11 is 0. The maximum atomic E-state index is 5.83. The summed E-state index contributed by atoms with van der Waals surface area (Å²) < 4.78 is 5.83. The lowest BCUT2D eigenvalue weighted by Gasteiger charge is -2.07. The minimum atomic E-state index is 0.725. The molecule has 3 aromatic rings. The van der Waals surface area contributed by atoms with Crippen molar-refractivity contribution in [2.24, 2.45) is 0 Å². The second kappa shape index (κ2) is 6.31. The fourth-order valence-corrected chi connectivity index (χ4v) is 2.41. The first-order valence-electron chi connectivity index (χ1n) is 7.27. The summed E-state index contributed by atoms with van der Waals surface area (Å²) in [6.45, 7) is 0.725. The Morgan fingerprint density at radius 1 is 0.810 bits per heavy atom. The minimum Gasteiger partial charge on any atom is -0.494 e. The van der Waals surface area contributed by atoms with E-state index in [0.717, 1.165) is 30.9 Å². The number of hydrogen-bond donors (Lipinski definition) is 1. The van der Waals surface area contributed by atoms with Crippen molar-refractivity contribution in [3.05, 3.63) is 72.3 Å². The third-order valence-corrected chi connectivity index (χ3v) is 3.58. The number of hydrogen-bond acceptors (Lipinski definition) is 2. The van der Waals surface area contributed by atoms with Crippen LogP contribution in [0.4, 0.5) is 5.69 Å². The van der Waals surface area contributed by atoms with Gasteiger partial charge >= 0.3 is 0 Å². The molecule has 3 rings (SSSR count). The van der Waals surface area contributed by atoms with Gasteiger partial charge < -0.3 is 10.5 Å². The molecule has 2 nitrogen and oxygen atoms in total. The molecule has 0 heterocycles. The third-order valence-electron chi connectivity index (χ3n) is 3.58.